The molecule has 3 aromatic carbocycles. The minimum Gasteiger partial charge on any atom is -0.480 e. The van der Waals surface area contributed by atoms with Crippen molar-refractivity contribution < 1.29 is 37.8 Å². The Morgan fingerprint density at radius 3 is 1.94 bits per heavy atom. The highest BCUT2D eigenvalue weighted by Gasteiger charge is 2.36. The fourth-order valence-corrected chi connectivity index (χ4v) is 3.62. The van der Waals surface area contributed by atoms with Crippen LogP contribution >= 0.6 is 0 Å². The van der Waals surface area contributed by atoms with Gasteiger partial charge in [0.15, 0.2) is 6.10 Å². The zero-order valence-electron chi connectivity index (χ0n) is 18.8. The van der Waals surface area contributed by atoms with Crippen LogP contribution in [0, 0.1) is 0 Å². The number of carboxylic acids is 1. The van der Waals surface area contributed by atoms with E-state index in [1.807, 2.05) is 0 Å². The van der Waals surface area contributed by atoms with Gasteiger partial charge in [-0.1, -0.05) is 66.7 Å². The van der Waals surface area contributed by atoms with Gasteiger partial charge in [0.25, 0.3) is 11.8 Å². The van der Waals surface area contributed by atoms with E-state index in [4.69, 9.17) is 0 Å². The second-order valence-electron chi connectivity index (χ2n) is 7.93. The molecule has 0 saturated heterocycles. The van der Waals surface area contributed by atoms with Crippen LogP contribution in [0.15, 0.2) is 84.9 Å². The van der Waals surface area contributed by atoms with Crippen molar-refractivity contribution in [2.45, 2.75) is 30.8 Å². The van der Waals surface area contributed by atoms with Gasteiger partial charge in [-0.3, -0.25) is 9.59 Å². The highest BCUT2D eigenvalue weighted by Crippen LogP contribution is 2.32. The third kappa shape index (κ3) is 6.70. The van der Waals surface area contributed by atoms with E-state index in [2.05, 4.69) is 10.6 Å². The van der Waals surface area contributed by atoms with E-state index in [1.54, 1.807) is 48.5 Å². The normalized spacial score (nSPS) is 13.8. The van der Waals surface area contributed by atoms with Gasteiger partial charge in [0.1, 0.15) is 6.04 Å². The molecule has 0 fully saturated rings. The number of rotatable bonds is 9. The molecular weight excluding hydrogens is 477 g/mol. The smallest absolute Gasteiger partial charge is 0.416 e. The van der Waals surface area contributed by atoms with Gasteiger partial charge in [0.05, 0.1) is 11.6 Å². The molecule has 3 rings (SSSR count). The van der Waals surface area contributed by atoms with Crippen LogP contribution in [-0.4, -0.2) is 40.1 Å². The Kier molecular flexibility index (Phi) is 8.44. The summed E-state index contributed by atoms with van der Waals surface area (Å²) in [5, 5.41) is 25.0. The van der Waals surface area contributed by atoms with Crippen LogP contribution in [0.2, 0.25) is 0 Å². The van der Waals surface area contributed by atoms with Crippen LogP contribution in [0.4, 0.5) is 13.2 Å². The van der Waals surface area contributed by atoms with E-state index in [0.29, 0.717) is 5.56 Å². The minimum atomic E-state index is -4.72. The van der Waals surface area contributed by atoms with Crippen molar-refractivity contribution in [3.8, 4) is 0 Å². The van der Waals surface area contributed by atoms with Crippen molar-refractivity contribution in [2.24, 2.45) is 0 Å². The maximum atomic E-state index is 13.3. The highest BCUT2D eigenvalue weighted by atomic mass is 19.4. The largest absolute Gasteiger partial charge is 0.480 e. The molecule has 0 aliphatic carbocycles. The lowest BCUT2D eigenvalue weighted by Gasteiger charge is -2.26. The minimum absolute atomic E-state index is 0.262. The standard InChI is InChI=1S/C26H23F3N2O5/c27-26(28,29)19-14-8-7-13-18(19)15-20(25(35)36)30-24(34)22(32)21(16-9-3-1-4-10-16)31-23(33)17-11-5-2-6-12-17/h1-14,20-22,32H,15H2,(H,30,34)(H,31,33)(H,35,36)/t20-,21-,22+/m0/s1. The van der Waals surface area contributed by atoms with Crippen molar-refractivity contribution in [3.05, 3.63) is 107 Å². The zero-order valence-corrected chi connectivity index (χ0v) is 18.8. The number of carbonyl (C=O) groups excluding carboxylic acids is 2. The maximum Gasteiger partial charge on any atom is 0.416 e. The molecule has 4 N–H and O–H groups in total. The van der Waals surface area contributed by atoms with Gasteiger partial charge in [-0.2, -0.15) is 13.2 Å². The summed E-state index contributed by atoms with van der Waals surface area (Å²) in [6.45, 7) is 0. The number of carbonyl (C=O) groups is 3. The predicted octanol–water partition coefficient (Wildman–Crippen LogP) is 3.35. The Labute approximate surface area is 204 Å². The number of benzene rings is 3. The first-order chi connectivity index (χ1) is 17.1. The van der Waals surface area contributed by atoms with E-state index < -0.39 is 54.1 Å². The van der Waals surface area contributed by atoms with Gasteiger partial charge in [-0.25, -0.2) is 4.79 Å². The van der Waals surface area contributed by atoms with E-state index >= 15 is 0 Å². The lowest BCUT2D eigenvalue weighted by atomic mass is 9.97. The van der Waals surface area contributed by atoms with Crippen LogP contribution in [0.1, 0.15) is 33.1 Å². The summed E-state index contributed by atoms with van der Waals surface area (Å²) in [5.74, 6) is -3.35. The molecule has 0 spiro atoms. The van der Waals surface area contributed by atoms with Gasteiger partial charge < -0.3 is 20.8 Å². The fourth-order valence-electron chi connectivity index (χ4n) is 3.62. The summed E-state index contributed by atoms with van der Waals surface area (Å²) in [6, 6.07) is 17.5. The molecule has 10 heteroatoms. The molecule has 0 aliphatic heterocycles. The number of amides is 2. The lowest BCUT2D eigenvalue weighted by molar-refractivity contribution is -0.144. The van der Waals surface area contributed by atoms with Crippen molar-refractivity contribution in [1.29, 1.82) is 0 Å². The van der Waals surface area contributed by atoms with E-state index in [-0.39, 0.29) is 11.1 Å². The molecule has 0 radical (unpaired) electrons. The summed E-state index contributed by atoms with van der Waals surface area (Å²) >= 11 is 0. The lowest BCUT2D eigenvalue weighted by Crippen LogP contribution is -2.51. The summed E-state index contributed by atoms with van der Waals surface area (Å²) in [5.41, 5.74) is -0.732. The van der Waals surface area contributed by atoms with Crippen LogP contribution in [0.5, 0.6) is 0 Å². The summed E-state index contributed by atoms with van der Waals surface area (Å²) < 4.78 is 40.0. The molecule has 0 saturated carbocycles. The number of carboxylic acid groups (broad SMARTS) is 1. The fraction of sp³-hybridized carbons (Fsp3) is 0.192. The van der Waals surface area contributed by atoms with Gasteiger partial charge >= 0.3 is 12.1 Å². The number of aliphatic carboxylic acids is 1. The Balaban J connectivity index is 1.82. The quantitative estimate of drug-likeness (QED) is 0.360. The molecule has 0 heterocycles. The average molecular weight is 500 g/mol. The second-order valence-corrected chi connectivity index (χ2v) is 7.93. The molecule has 3 aromatic rings. The molecular formula is C26H23F3N2O5. The first-order valence-electron chi connectivity index (χ1n) is 10.8. The molecule has 0 aliphatic rings. The Hall–Kier alpha value is -4.18. The predicted molar refractivity (Wildman–Crippen MR) is 124 cm³/mol. The van der Waals surface area contributed by atoms with Crippen molar-refractivity contribution >= 4 is 17.8 Å². The van der Waals surface area contributed by atoms with Crippen LogP contribution in [-0.2, 0) is 22.2 Å². The Morgan fingerprint density at radius 1 is 0.806 bits per heavy atom. The Bertz CT molecular complexity index is 1200. The summed E-state index contributed by atoms with van der Waals surface area (Å²) in [6.07, 6.45) is -7.33. The van der Waals surface area contributed by atoms with Crippen LogP contribution < -0.4 is 10.6 Å². The van der Waals surface area contributed by atoms with Crippen molar-refractivity contribution in [1.82, 2.24) is 10.6 Å². The molecule has 3 atom stereocenters. The molecule has 2 amide bonds. The highest BCUT2D eigenvalue weighted by molar-refractivity contribution is 5.95. The summed E-state index contributed by atoms with van der Waals surface area (Å²) in [4.78, 5) is 37.3. The summed E-state index contributed by atoms with van der Waals surface area (Å²) in [7, 11) is 0. The molecule has 36 heavy (non-hydrogen) atoms. The number of hydrogen-bond donors (Lipinski definition) is 4. The average Bonchev–Trinajstić information content (AvgIpc) is 2.87. The topological polar surface area (TPSA) is 116 Å². The van der Waals surface area contributed by atoms with Crippen molar-refractivity contribution in [3.63, 3.8) is 0 Å². The van der Waals surface area contributed by atoms with E-state index in [9.17, 15) is 37.8 Å². The number of alkyl halides is 3. The van der Waals surface area contributed by atoms with Crippen LogP contribution in [0.3, 0.4) is 0 Å². The second kappa shape index (κ2) is 11.5. The third-order valence-electron chi connectivity index (χ3n) is 5.43. The van der Waals surface area contributed by atoms with Gasteiger partial charge in [-0.05, 0) is 29.3 Å². The van der Waals surface area contributed by atoms with E-state index in [1.165, 1.54) is 24.3 Å². The number of nitrogens with one attached hydrogen (secondary N) is 2. The molecule has 0 unspecified atom stereocenters. The van der Waals surface area contributed by atoms with Crippen molar-refractivity contribution in [2.75, 3.05) is 0 Å². The maximum absolute atomic E-state index is 13.3. The zero-order chi connectivity index (χ0) is 26.3. The first-order valence-corrected chi connectivity index (χ1v) is 10.8. The van der Waals surface area contributed by atoms with E-state index in [0.717, 1.165) is 12.1 Å². The number of hydrogen-bond acceptors (Lipinski definition) is 4. The number of aliphatic hydroxyl groups excluding tert-OH is 1. The molecule has 0 bridgehead atoms. The van der Waals surface area contributed by atoms with Crippen LogP contribution in [0.25, 0.3) is 0 Å². The first kappa shape index (κ1) is 26.4. The SMILES string of the molecule is O=C(N[C@@H](c1ccccc1)[C@@H](O)C(=O)N[C@@H](Cc1ccccc1C(F)(F)F)C(=O)O)c1ccccc1. The number of halogens is 3. The monoisotopic (exact) mass is 500 g/mol. The van der Waals surface area contributed by atoms with Gasteiger partial charge in [0, 0.05) is 12.0 Å². The Morgan fingerprint density at radius 2 is 1.36 bits per heavy atom. The molecule has 188 valence electrons. The van der Waals surface area contributed by atoms with Gasteiger partial charge in [0.2, 0.25) is 0 Å². The third-order valence-corrected chi connectivity index (χ3v) is 5.43. The van der Waals surface area contributed by atoms with Gasteiger partial charge in [-0.15, -0.1) is 0 Å². The molecule has 7 nitrogen and oxygen atoms in total. The molecule has 0 aromatic heterocycles. The number of aliphatic hydroxyl groups is 1.